The summed E-state index contributed by atoms with van der Waals surface area (Å²) >= 11 is 0. The van der Waals surface area contributed by atoms with E-state index >= 15 is 0 Å². The molecule has 0 heterocycles. The smallest absolute Gasteiger partial charge is 0.0825 e. The minimum atomic E-state index is 0.00543. The summed E-state index contributed by atoms with van der Waals surface area (Å²) in [4.78, 5) is 0. The molecule has 0 aliphatic heterocycles. The van der Waals surface area contributed by atoms with Crippen LogP contribution in [0.1, 0.15) is 17.5 Å². The van der Waals surface area contributed by atoms with E-state index < -0.39 is 0 Å². The first-order chi connectivity index (χ1) is 5.88. The topological polar surface area (TPSA) is 19.9 Å². The van der Waals surface area contributed by atoms with E-state index in [2.05, 4.69) is 6.58 Å². The highest BCUT2D eigenvalue weighted by atomic mass is 16.2. The van der Waals surface area contributed by atoms with E-state index in [-0.39, 0.29) is 6.61 Å². The summed E-state index contributed by atoms with van der Waals surface area (Å²) in [5.74, 6) is 0. The van der Waals surface area contributed by atoms with E-state index in [9.17, 15) is 5.11 Å². The fraction of sp³-hybridized carbons (Fsp3) is 0.273. The lowest BCUT2D eigenvalue weighted by Gasteiger charge is -2.02. The van der Waals surface area contributed by atoms with Gasteiger partial charge in [0, 0.05) is 0 Å². The van der Waals surface area contributed by atoms with Gasteiger partial charge in [-0.15, -0.1) is 0 Å². The first-order valence-corrected chi connectivity index (χ1v) is 4.17. The maximum atomic E-state index is 10.3. The Hall–Kier alpha value is -1.08. The number of rotatable bonds is 4. The third-order valence-corrected chi connectivity index (χ3v) is 1.87. The molecular weight excluding hydrogens is 148 g/mol. The molecule has 0 N–H and O–H groups in total. The largest absolute Gasteiger partial charge is 0.237 e. The average Bonchev–Trinajstić information content (AvgIpc) is 2.15. The molecule has 0 fully saturated rings. The molecule has 0 bridgehead atoms. The normalized spacial score (nSPS) is 9.75. The fourth-order valence-corrected chi connectivity index (χ4v) is 1.22. The Kier molecular flexibility index (Phi) is 3.55. The van der Waals surface area contributed by atoms with Crippen molar-refractivity contribution in [3.8, 4) is 0 Å². The second-order valence-corrected chi connectivity index (χ2v) is 2.71. The van der Waals surface area contributed by atoms with Crippen LogP contribution in [0.5, 0.6) is 0 Å². The molecule has 0 atom stereocenters. The Balaban J connectivity index is 2.75. The summed E-state index contributed by atoms with van der Waals surface area (Å²) in [6.45, 7) is 3.73. The molecule has 1 aromatic carbocycles. The number of benzene rings is 1. The predicted molar refractivity (Wildman–Crippen MR) is 50.4 cm³/mol. The molecule has 1 aromatic rings. The van der Waals surface area contributed by atoms with Crippen LogP contribution in [0, 0.1) is 0 Å². The third kappa shape index (κ3) is 2.21. The van der Waals surface area contributed by atoms with E-state index in [1.54, 1.807) is 0 Å². The Morgan fingerprint density at radius 3 is 2.75 bits per heavy atom. The second-order valence-electron chi connectivity index (χ2n) is 2.71. The van der Waals surface area contributed by atoms with Crippen LogP contribution in [0.4, 0.5) is 0 Å². The van der Waals surface area contributed by atoms with Gasteiger partial charge in [-0.3, -0.25) is 0 Å². The monoisotopic (exact) mass is 161 g/mol. The molecule has 0 saturated heterocycles. The van der Waals surface area contributed by atoms with Crippen molar-refractivity contribution in [3.05, 3.63) is 42.0 Å². The van der Waals surface area contributed by atoms with Crippen LogP contribution in [-0.2, 0) is 11.5 Å². The highest BCUT2D eigenvalue weighted by molar-refractivity contribution is 5.51. The van der Waals surface area contributed by atoms with Crippen LogP contribution >= 0.6 is 0 Å². The van der Waals surface area contributed by atoms with Gasteiger partial charge in [-0.2, -0.15) is 0 Å². The molecule has 0 unspecified atom stereocenters. The summed E-state index contributed by atoms with van der Waals surface area (Å²) in [6.07, 6.45) is 3.41. The van der Waals surface area contributed by atoms with Gasteiger partial charge < -0.3 is 0 Å². The standard InChI is InChI=1S/C11H13O/c1-2-10-6-3-4-7-11(10)8-5-9-12/h2-4,6-7H,1,5,8-9H2. The van der Waals surface area contributed by atoms with E-state index in [0.717, 1.165) is 12.0 Å². The number of hydrogen-bond acceptors (Lipinski definition) is 0. The highest BCUT2D eigenvalue weighted by Crippen LogP contribution is 2.11. The molecule has 1 heteroatoms. The Labute approximate surface area is 73.4 Å². The predicted octanol–water partition coefficient (Wildman–Crippen LogP) is 2.69. The van der Waals surface area contributed by atoms with Crippen molar-refractivity contribution >= 4 is 6.08 Å². The second kappa shape index (κ2) is 4.73. The quantitative estimate of drug-likeness (QED) is 0.647. The highest BCUT2D eigenvalue weighted by Gasteiger charge is 1.96. The SMILES string of the molecule is C=Cc1ccccc1CCC[O]. The number of aryl methyl sites for hydroxylation is 1. The van der Waals surface area contributed by atoms with Gasteiger partial charge in [-0.1, -0.05) is 36.9 Å². The van der Waals surface area contributed by atoms with E-state index in [4.69, 9.17) is 0 Å². The first-order valence-electron chi connectivity index (χ1n) is 4.17. The Morgan fingerprint density at radius 1 is 1.33 bits per heavy atom. The van der Waals surface area contributed by atoms with Crippen LogP contribution in [0.2, 0.25) is 0 Å². The molecular formula is C11H13O. The zero-order valence-electron chi connectivity index (χ0n) is 7.12. The minimum absolute atomic E-state index is 0.00543. The van der Waals surface area contributed by atoms with Gasteiger partial charge >= 0.3 is 0 Å². The van der Waals surface area contributed by atoms with Gasteiger partial charge in [-0.05, 0) is 24.0 Å². The number of hydrogen-bond donors (Lipinski definition) is 0. The lowest BCUT2D eigenvalue weighted by atomic mass is 10.0. The molecule has 63 valence electrons. The van der Waals surface area contributed by atoms with Crippen LogP contribution in [0.15, 0.2) is 30.8 Å². The molecule has 1 nitrogen and oxygen atoms in total. The summed E-state index contributed by atoms with van der Waals surface area (Å²) in [5.41, 5.74) is 2.37. The van der Waals surface area contributed by atoms with Gasteiger partial charge in [0.2, 0.25) is 0 Å². The molecule has 0 amide bonds. The zero-order valence-corrected chi connectivity index (χ0v) is 7.12. The van der Waals surface area contributed by atoms with Gasteiger partial charge in [0.05, 0.1) is 6.61 Å². The summed E-state index contributed by atoms with van der Waals surface area (Å²) < 4.78 is 0. The van der Waals surface area contributed by atoms with Crippen molar-refractivity contribution in [1.82, 2.24) is 0 Å². The van der Waals surface area contributed by atoms with Gasteiger partial charge in [-0.25, -0.2) is 5.11 Å². The van der Waals surface area contributed by atoms with Crippen LogP contribution in [0.3, 0.4) is 0 Å². The Bertz CT molecular complexity index is 253. The van der Waals surface area contributed by atoms with Gasteiger partial charge in [0.1, 0.15) is 0 Å². The molecule has 0 aliphatic rings. The maximum Gasteiger partial charge on any atom is 0.0825 e. The van der Waals surface area contributed by atoms with Gasteiger partial charge in [0.25, 0.3) is 0 Å². The van der Waals surface area contributed by atoms with E-state index in [0.29, 0.717) is 6.42 Å². The van der Waals surface area contributed by atoms with Crippen molar-refractivity contribution in [1.29, 1.82) is 0 Å². The van der Waals surface area contributed by atoms with Crippen molar-refractivity contribution in [3.63, 3.8) is 0 Å². The summed E-state index contributed by atoms with van der Waals surface area (Å²) in [7, 11) is 0. The van der Waals surface area contributed by atoms with Crippen LogP contribution in [-0.4, -0.2) is 6.61 Å². The molecule has 12 heavy (non-hydrogen) atoms. The lowest BCUT2D eigenvalue weighted by Crippen LogP contribution is -1.91. The summed E-state index contributed by atoms with van der Waals surface area (Å²) in [6, 6.07) is 8.05. The van der Waals surface area contributed by atoms with Crippen LogP contribution < -0.4 is 0 Å². The van der Waals surface area contributed by atoms with Crippen molar-refractivity contribution in [2.45, 2.75) is 12.8 Å². The Morgan fingerprint density at radius 2 is 2.08 bits per heavy atom. The minimum Gasteiger partial charge on any atom is -0.237 e. The third-order valence-electron chi connectivity index (χ3n) is 1.87. The zero-order chi connectivity index (χ0) is 8.81. The fourth-order valence-electron chi connectivity index (χ4n) is 1.22. The van der Waals surface area contributed by atoms with E-state index in [1.807, 2.05) is 30.3 Å². The van der Waals surface area contributed by atoms with Crippen molar-refractivity contribution < 1.29 is 5.11 Å². The molecule has 0 aromatic heterocycles. The molecule has 1 rings (SSSR count). The molecule has 0 spiro atoms. The van der Waals surface area contributed by atoms with Gasteiger partial charge in [0.15, 0.2) is 0 Å². The first kappa shape index (κ1) is 9.01. The average molecular weight is 161 g/mol. The van der Waals surface area contributed by atoms with E-state index in [1.165, 1.54) is 5.56 Å². The maximum absolute atomic E-state index is 10.3. The van der Waals surface area contributed by atoms with Crippen LogP contribution in [0.25, 0.3) is 6.08 Å². The molecule has 0 aliphatic carbocycles. The lowest BCUT2D eigenvalue weighted by molar-refractivity contribution is 0.189. The molecule has 1 radical (unpaired) electrons. The van der Waals surface area contributed by atoms with Crippen molar-refractivity contribution in [2.24, 2.45) is 0 Å². The molecule has 0 saturated carbocycles. The summed E-state index contributed by atoms with van der Waals surface area (Å²) in [5, 5.41) is 10.3. The van der Waals surface area contributed by atoms with Crippen molar-refractivity contribution in [2.75, 3.05) is 6.61 Å².